The molecule has 1 N–H and O–H groups in total. The van der Waals surface area contributed by atoms with E-state index < -0.39 is 10.1 Å². The van der Waals surface area contributed by atoms with Crippen LogP contribution in [0, 0.1) is 0 Å². The number of fused-ring (bicyclic) bond motifs is 1. The van der Waals surface area contributed by atoms with Crippen LogP contribution in [0.15, 0.2) is 24.3 Å². The lowest BCUT2D eigenvalue weighted by Gasteiger charge is -2.35. The molecule has 4 rings (SSSR count). The molecule has 180 valence electrons. The summed E-state index contributed by atoms with van der Waals surface area (Å²) in [6.45, 7) is 4.89. The molecule has 1 aromatic carbocycles. The predicted octanol–water partition coefficient (Wildman–Crippen LogP) is 1.82. The van der Waals surface area contributed by atoms with Gasteiger partial charge in [0.2, 0.25) is 0 Å². The molecule has 0 bridgehead atoms. The van der Waals surface area contributed by atoms with Gasteiger partial charge >= 0.3 is 0 Å². The van der Waals surface area contributed by atoms with Gasteiger partial charge in [-0.1, -0.05) is 0 Å². The molecule has 2 aliphatic rings. The maximum absolute atomic E-state index is 12.3. The summed E-state index contributed by atoms with van der Waals surface area (Å²) in [7, 11) is 0.712. The minimum Gasteiger partial charge on any atom is -0.497 e. The second-order valence-electron chi connectivity index (χ2n) is 8.03. The molecular formula is C22H30N4O6S. The van der Waals surface area contributed by atoms with Crippen LogP contribution in [0.25, 0.3) is 0 Å². The summed E-state index contributed by atoms with van der Waals surface area (Å²) in [4.78, 5) is 7.09. The number of morpholine rings is 1. The number of methoxy groups -OCH3 is 2. The van der Waals surface area contributed by atoms with Gasteiger partial charge in [0.05, 0.1) is 47.1 Å². The minimum atomic E-state index is -3.70. The Bertz CT molecular complexity index is 1110. The average Bonchev–Trinajstić information content (AvgIpc) is 3.22. The fourth-order valence-electron chi connectivity index (χ4n) is 4.14. The van der Waals surface area contributed by atoms with Gasteiger partial charge in [0, 0.05) is 30.3 Å². The Labute approximate surface area is 194 Å². The second-order valence-corrected chi connectivity index (χ2v) is 9.76. The van der Waals surface area contributed by atoms with Crippen molar-refractivity contribution < 1.29 is 26.8 Å². The first kappa shape index (κ1) is 23.6. The predicted molar refractivity (Wildman–Crippen MR) is 124 cm³/mol. The van der Waals surface area contributed by atoms with E-state index >= 15 is 0 Å². The summed E-state index contributed by atoms with van der Waals surface area (Å²) >= 11 is 0. The standard InChI is InChI=1S/C22H30N4O6S/c1-15-13-32-8-7-25(15)21-9-17(14-33(27,28)31-4)19-11-23-26(22(19)24-21)12-16-5-6-18(29-2)10-20(16)30-3/h5-6,9-10,15,23H,7-8,11-14H2,1-4H3/t15-/m1/s1. The summed E-state index contributed by atoms with van der Waals surface area (Å²) < 4.78 is 45.7. The third-order valence-corrected chi connectivity index (χ3v) is 7.13. The largest absolute Gasteiger partial charge is 0.497 e. The Kier molecular flexibility index (Phi) is 6.94. The van der Waals surface area contributed by atoms with Crippen molar-refractivity contribution in [1.82, 2.24) is 10.4 Å². The number of pyridine rings is 1. The molecule has 33 heavy (non-hydrogen) atoms. The van der Waals surface area contributed by atoms with E-state index in [-0.39, 0.29) is 11.8 Å². The number of hydrogen-bond acceptors (Lipinski definition) is 10. The highest BCUT2D eigenvalue weighted by Gasteiger charge is 2.30. The molecule has 0 saturated carbocycles. The van der Waals surface area contributed by atoms with E-state index in [1.165, 1.54) is 7.11 Å². The van der Waals surface area contributed by atoms with Crippen molar-refractivity contribution in [3.05, 3.63) is 41.0 Å². The van der Waals surface area contributed by atoms with Crippen LogP contribution in [0.1, 0.15) is 23.6 Å². The molecule has 1 aromatic heterocycles. The van der Waals surface area contributed by atoms with Crippen molar-refractivity contribution in [3.63, 3.8) is 0 Å². The number of hydrogen-bond donors (Lipinski definition) is 1. The zero-order chi connectivity index (χ0) is 23.6. The van der Waals surface area contributed by atoms with Gasteiger partial charge in [-0.2, -0.15) is 8.42 Å². The Morgan fingerprint density at radius 3 is 2.70 bits per heavy atom. The van der Waals surface area contributed by atoms with Crippen LogP contribution < -0.4 is 24.8 Å². The first-order valence-electron chi connectivity index (χ1n) is 10.7. The van der Waals surface area contributed by atoms with Crippen molar-refractivity contribution in [2.45, 2.75) is 31.8 Å². The van der Waals surface area contributed by atoms with Crippen LogP contribution in [0.3, 0.4) is 0 Å². The molecule has 0 radical (unpaired) electrons. The van der Waals surface area contributed by atoms with Crippen LogP contribution in [0.4, 0.5) is 11.6 Å². The molecule has 10 nitrogen and oxygen atoms in total. The van der Waals surface area contributed by atoms with Gasteiger partial charge in [0.15, 0.2) is 0 Å². The van der Waals surface area contributed by atoms with Gasteiger partial charge in [-0.25, -0.2) is 10.4 Å². The van der Waals surface area contributed by atoms with E-state index in [1.807, 2.05) is 29.3 Å². The van der Waals surface area contributed by atoms with Gasteiger partial charge in [0.25, 0.3) is 10.1 Å². The zero-order valence-corrected chi connectivity index (χ0v) is 20.1. The highest BCUT2D eigenvalue weighted by atomic mass is 32.2. The molecule has 1 saturated heterocycles. The van der Waals surface area contributed by atoms with Crippen LogP contribution in [0.2, 0.25) is 0 Å². The Balaban J connectivity index is 1.73. The van der Waals surface area contributed by atoms with Crippen LogP contribution in [0.5, 0.6) is 11.5 Å². The van der Waals surface area contributed by atoms with Gasteiger partial charge < -0.3 is 19.1 Å². The highest BCUT2D eigenvalue weighted by molar-refractivity contribution is 7.85. The molecule has 0 spiro atoms. The molecule has 1 fully saturated rings. The van der Waals surface area contributed by atoms with Gasteiger partial charge in [0.1, 0.15) is 28.9 Å². The van der Waals surface area contributed by atoms with E-state index in [0.717, 1.165) is 16.9 Å². The topological polar surface area (TPSA) is 102 Å². The van der Waals surface area contributed by atoms with Crippen LogP contribution in [-0.4, -0.2) is 60.5 Å². The van der Waals surface area contributed by atoms with Crippen LogP contribution in [-0.2, 0) is 37.9 Å². The summed E-state index contributed by atoms with van der Waals surface area (Å²) in [5.41, 5.74) is 5.80. The fourth-order valence-corrected chi connectivity index (χ4v) is 4.89. The summed E-state index contributed by atoms with van der Waals surface area (Å²) in [6, 6.07) is 7.64. The number of nitrogens with zero attached hydrogens (tertiary/aromatic N) is 3. The molecular weight excluding hydrogens is 448 g/mol. The molecule has 0 amide bonds. The molecule has 3 heterocycles. The van der Waals surface area contributed by atoms with E-state index in [9.17, 15) is 8.42 Å². The molecule has 0 unspecified atom stereocenters. The number of ether oxygens (including phenoxy) is 3. The maximum atomic E-state index is 12.3. The SMILES string of the molecule is COc1ccc(CN2NCc3c(CS(=O)(=O)OC)cc(N4CCOC[C@H]4C)nc32)c(OC)c1. The Morgan fingerprint density at radius 1 is 1.18 bits per heavy atom. The minimum absolute atomic E-state index is 0.126. The van der Waals surface area contributed by atoms with Crippen molar-refractivity contribution >= 4 is 21.8 Å². The van der Waals surface area contributed by atoms with Gasteiger partial charge in [-0.15, -0.1) is 0 Å². The van der Waals surface area contributed by atoms with Crippen molar-refractivity contribution in [2.75, 3.05) is 51.0 Å². The van der Waals surface area contributed by atoms with E-state index in [1.54, 1.807) is 14.2 Å². The Hall–Kier alpha value is -2.60. The highest BCUT2D eigenvalue weighted by Crippen LogP contribution is 2.35. The molecule has 0 aliphatic carbocycles. The number of rotatable bonds is 8. The van der Waals surface area contributed by atoms with Gasteiger partial charge in [-0.05, 0) is 30.7 Å². The molecule has 2 aliphatic heterocycles. The number of benzene rings is 1. The first-order chi connectivity index (χ1) is 15.8. The number of hydrazine groups is 1. The number of nitrogens with one attached hydrogen (secondary N) is 1. The smallest absolute Gasteiger partial charge is 0.271 e. The Morgan fingerprint density at radius 2 is 2.00 bits per heavy atom. The molecule has 2 aromatic rings. The maximum Gasteiger partial charge on any atom is 0.271 e. The van der Waals surface area contributed by atoms with E-state index in [2.05, 4.69) is 17.2 Å². The number of anilines is 2. The molecule has 1 atom stereocenters. The lowest BCUT2D eigenvalue weighted by atomic mass is 10.1. The third-order valence-electron chi connectivity index (χ3n) is 5.95. The summed E-state index contributed by atoms with van der Waals surface area (Å²) in [5.74, 6) is 2.61. The van der Waals surface area contributed by atoms with Crippen molar-refractivity contribution in [1.29, 1.82) is 0 Å². The monoisotopic (exact) mass is 478 g/mol. The number of aromatic nitrogens is 1. The summed E-state index contributed by atoms with van der Waals surface area (Å²) in [5, 5.41) is 1.93. The quantitative estimate of drug-likeness (QED) is 0.565. The normalized spacial score (nSPS) is 18.4. The first-order valence-corrected chi connectivity index (χ1v) is 12.3. The zero-order valence-electron chi connectivity index (χ0n) is 19.3. The fraction of sp³-hybridized carbons (Fsp3) is 0.500. The van der Waals surface area contributed by atoms with E-state index in [4.69, 9.17) is 23.4 Å². The lowest BCUT2D eigenvalue weighted by Crippen LogP contribution is -2.44. The van der Waals surface area contributed by atoms with Crippen molar-refractivity contribution in [3.8, 4) is 11.5 Å². The lowest BCUT2D eigenvalue weighted by molar-refractivity contribution is 0.0985. The third kappa shape index (κ3) is 5.01. The van der Waals surface area contributed by atoms with Gasteiger partial charge in [-0.3, -0.25) is 9.19 Å². The second kappa shape index (κ2) is 9.72. The summed E-state index contributed by atoms with van der Waals surface area (Å²) in [6.07, 6.45) is 0. The van der Waals surface area contributed by atoms with Crippen LogP contribution >= 0.6 is 0 Å². The van der Waals surface area contributed by atoms with Crippen molar-refractivity contribution in [2.24, 2.45) is 0 Å². The van der Waals surface area contributed by atoms with E-state index in [0.29, 0.717) is 55.7 Å². The molecule has 11 heteroatoms. The average molecular weight is 479 g/mol.